The number of morpholine rings is 1. The molecule has 0 aliphatic carbocycles. The Morgan fingerprint density at radius 1 is 1.09 bits per heavy atom. The second-order valence-corrected chi connectivity index (χ2v) is 11.8. The minimum absolute atomic E-state index is 0.122. The number of halogens is 1. The Hall–Kier alpha value is -4.22. The number of nitrogens with zero attached hydrogens (tertiary/aromatic N) is 4. The van der Waals surface area contributed by atoms with E-state index in [9.17, 15) is 9.59 Å². The molecule has 1 amide bonds. The first-order chi connectivity index (χ1) is 21.7. The molecule has 1 aromatic heterocycles. The van der Waals surface area contributed by atoms with E-state index in [1.54, 1.807) is 29.3 Å². The number of benzene rings is 3. The van der Waals surface area contributed by atoms with Gasteiger partial charge in [0.2, 0.25) is 0 Å². The van der Waals surface area contributed by atoms with Gasteiger partial charge in [-0.2, -0.15) is 9.78 Å². The lowest BCUT2D eigenvalue weighted by Gasteiger charge is -2.26. The van der Waals surface area contributed by atoms with Crippen molar-refractivity contribution in [2.24, 2.45) is 5.10 Å². The van der Waals surface area contributed by atoms with Crippen LogP contribution in [0.3, 0.4) is 0 Å². The third-order valence-corrected chi connectivity index (χ3v) is 8.27. The summed E-state index contributed by atoms with van der Waals surface area (Å²) in [6, 6.07) is 14.7. The van der Waals surface area contributed by atoms with Crippen LogP contribution < -0.4 is 19.8 Å². The van der Waals surface area contributed by atoms with Crippen LogP contribution in [0, 0.1) is 6.92 Å². The smallest absolute Gasteiger partial charge is 0.282 e. The molecular weight excluding hydrogens is 640 g/mol. The molecule has 0 spiro atoms. The van der Waals surface area contributed by atoms with Crippen molar-refractivity contribution < 1.29 is 23.7 Å². The fourth-order valence-corrected chi connectivity index (χ4v) is 5.59. The molecule has 0 unspecified atom stereocenters. The van der Waals surface area contributed by atoms with E-state index in [0.717, 1.165) is 22.4 Å². The standard InChI is InChI=1S/C34H37BrN4O6/c1-6-44-29-15-22(4)26(17-25(29)21(2)3)33-37-28-10-8-7-9-24(28)34(41)39(33)36-19-23-16-30(42-5)31(18-27(23)35)45-20-32(40)38-11-13-43-14-12-38/h7-10,15-19,21H,6,11-14,20H2,1-5H3. The zero-order chi connectivity index (χ0) is 32.1. The lowest BCUT2D eigenvalue weighted by atomic mass is 9.96. The van der Waals surface area contributed by atoms with Gasteiger partial charge in [0.05, 0.1) is 44.0 Å². The van der Waals surface area contributed by atoms with Gasteiger partial charge in [-0.15, -0.1) is 0 Å². The van der Waals surface area contributed by atoms with Crippen molar-refractivity contribution in [2.45, 2.75) is 33.6 Å². The van der Waals surface area contributed by atoms with Crippen molar-refractivity contribution >= 4 is 39.0 Å². The van der Waals surface area contributed by atoms with E-state index in [2.05, 4.69) is 34.9 Å². The highest BCUT2D eigenvalue weighted by Crippen LogP contribution is 2.35. The number of para-hydroxylation sites is 1. The molecule has 11 heteroatoms. The number of carbonyl (C=O) groups is 1. The molecule has 1 fully saturated rings. The molecule has 0 radical (unpaired) electrons. The highest BCUT2D eigenvalue weighted by atomic mass is 79.9. The minimum atomic E-state index is -0.295. The molecule has 10 nitrogen and oxygen atoms in total. The van der Waals surface area contributed by atoms with Crippen LogP contribution in [0.4, 0.5) is 0 Å². The van der Waals surface area contributed by atoms with Crippen LogP contribution in [0.2, 0.25) is 0 Å². The van der Waals surface area contributed by atoms with Crippen LogP contribution in [-0.2, 0) is 9.53 Å². The molecule has 1 saturated heterocycles. The van der Waals surface area contributed by atoms with Gasteiger partial charge in [0.25, 0.3) is 11.5 Å². The number of aromatic nitrogens is 2. The van der Waals surface area contributed by atoms with Crippen molar-refractivity contribution in [1.82, 2.24) is 14.6 Å². The fourth-order valence-electron chi connectivity index (χ4n) is 5.16. The quantitative estimate of drug-likeness (QED) is 0.196. The Morgan fingerprint density at radius 2 is 1.84 bits per heavy atom. The number of hydrogen-bond acceptors (Lipinski definition) is 8. The zero-order valence-electron chi connectivity index (χ0n) is 26.1. The first kappa shape index (κ1) is 32.2. The summed E-state index contributed by atoms with van der Waals surface area (Å²) in [7, 11) is 1.53. The van der Waals surface area contributed by atoms with Crippen molar-refractivity contribution in [3.8, 4) is 28.6 Å². The predicted octanol–water partition coefficient (Wildman–Crippen LogP) is 5.78. The molecule has 236 valence electrons. The van der Waals surface area contributed by atoms with E-state index in [1.165, 1.54) is 11.8 Å². The monoisotopic (exact) mass is 676 g/mol. The second kappa shape index (κ2) is 14.3. The lowest BCUT2D eigenvalue weighted by Crippen LogP contribution is -2.43. The highest BCUT2D eigenvalue weighted by molar-refractivity contribution is 9.10. The first-order valence-corrected chi connectivity index (χ1v) is 15.7. The van der Waals surface area contributed by atoms with E-state index < -0.39 is 0 Å². The number of hydrogen-bond donors (Lipinski definition) is 0. The average Bonchev–Trinajstić information content (AvgIpc) is 3.04. The van der Waals surface area contributed by atoms with Crippen molar-refractivity contribution in [3.63, 3.8) is 0 Å². The zero-order valence-corrected chi connectivity index (χ0v) is 27.7. The topological polar surface area (TPSA) is 104 Å². The van der Waals surface area contributed by atoms with E-state index in [0.29, 0.717) is 71.2 Å². The van der Waals surface area contributed by atoms with Crippen LogP contribution >= 0.6 is 15.9 Å². The number of rotatable bonds is 10. The van der Waals surface area contributed by atoms with Gasteiger partial charge in [-0.25, -0.2) is 4.98 Å². The largest absolute Gasteiger partial charge is 0.494 e. The number of fused-ring (bicyclic) bond motifs is 1. The molecule has 0 N–H and O–H groups in total. The maximum absolute atomic E-state index is 13.9. The summed E-state index contributed by atoms with van der Waals surface area (Å²) >= 11 is 3.59. The molecule has 1 aliphatic rings. The van der Waals surface area contributed by atoms with Gasteiger partial charge in [-0.05, 0) is 83.2 Å². The molecule has 2 heterocycles. The van der Waals surface area contributed by atoms with E-state index in [-0.39, 0.29) is 24.0 Å². The summed E-state index contributed by atoms with van der Waals surface area (Å²) in [5.41, 5.74) is 3.63. The lowest BCUT2D eigenvalue weighted by molar-refractivity contribution is -0.137. The maximum Gasteiger partial charge on any atom is 0.282 e. The number of methoxy groups -OCH3 is 1. The highest BCUT2D eigenvalue weighted by Gasteiger charge is 2.20. The average molecular weight is 678 g/mol. The molecule has 5 rings (SSSR count). The van der Waals surface area contributed by atoms with Gasteiger partial charge >= 0.3 is 0 Å². The molecule has 4 aromatic rings. The Balaban J connectivity index is 1.54. The van der Waals surface area contributed by atoms with Gasteiger partial charge in [0.15, 0.2) is 23.9 Å². The van der Waals surface area contributed by atoms with Crippen LogP contribution in [0.1, 0.15) is 43.4 Å². The number of carbonyl (C=O) groups excluding carboxylic acids is 1. The molecule has 1 aliphatic heterocycles. The Labute approximate surface area is 270 Å². The first-order valence-electron chi connectivity index (χ1n) is 14.9. The fraction of sp³-hybridized carbons (Fsp3) is 0.353. The van der Waals surface area contributed by atoms with Gasteiger partial charge in [-0.3, -0.25) is 9.59 Å². The van der Waals surface area contributed by atoms with E-state index >= 15 is 0 Å². The van der Waals surface area contributed by atoms with E-state index in [4.69, 9.17) is 23.9 Å². The van der Waals surface area contributed by atoms with Crippen LogP contribution in [0.5, 0.6) is 17.2 Å². The van der Waals surface area contributed by atoms with Crippen LogP contribution in [0.25, 0.3) is 22.3 Å². The molecule has 0 atom stereocenters. The summed E-state index contributed by atoms with van der Waals surface area (Å²) in [4.78, 5) is 33.1. The van der Waals surface area contributed by atoms with Gasteiger partial charge < -0.3 is 23.8 Å². The van der Waals surface area contributed by atoms with Crippen LogP contribution in [-0.4, -0.2) is 73.3 Å². The van der Waals surface area contributed by atoms with E-state index in [1.807, 2.05) is 44.2 Å². The SMILES string of the molecule is CCOc1cc(C)c(-c2nc3ccccc3c(=O)n2N=Cc2cc(OC)c(OCC(=O)N3CCOCC3)cc2Br)cc1C(C)C. The maximum atomic E-state index is 13.9. The van der Waals surface area contributed by atoms with Crippen molar-refractivity contribution in [3.05, 3.63) is 80.0 Å². The number of ether oxygens (including phenoxy) is 4. The van der Waals surface area contributed by atoms with Crippen LogP contribution in [0.15, 0.2) is 62.9 Å². The third-order valence-electron chi connectivity index (χ3n) is 7.58. The molecular formula is C34H37BrN4O6. The second-order valence-electron chi connectivity index (χ2n) is 10.9. The summed E-state index contributed by atoms with van der Waals surface area (Å²) < 4.78 is 24.7. The summed E-state index contributed by atoms with van der Waals surface area (Å²) in [6.45, 7) is 10.7. The van der Waals surface area contributed by atoms with Gasteiger partial charge in [-0.1, -0.05) is 26.0 Å². The number of aryl methyl sites for hydroxylation is 1. The number of amides is 1. The normalized spacial score (nSPS) is 13.5. The van der Waals surface area contributed by atoms with Gasteiger partial charge in [0, 0.05) is 28.7 Å². The molecule has 0 saturated carbocycles. The van der Waals surface area contributed by atoms with Crippen molar-refractivity contribution in [1.29, 1.82) is 0 Å². The third kappa shape index (κ3) is 7.04. The molecule has 45 heavy (non-hydrogen) atoms. The minimum Gasteiger partial charge on any atom is -0.494 e. The van der Waals surface area contributed by atoms with Crippen molar-refractivity contribution in [2.75, 3.05) is 46.6 Å². The summed E-state index contributed by atoms with van der Waals surface area (Å²) in [5, 5.41) is 5.12. The Bertz CT molecular complexity index is 1800. The predicted molar refractivity (Wildman–Crippen MR) is 178 cm³/mol. The Kier molecular flexibility index (Phi) is 10.2. The summed E-state index contributed by atoms with van der Waals surface area (Å²) in [6.07, 6.45) is 1.57. The van der Waals surface area contributed by atoms with Gasteiger partial charge in [0.1, 0.15) is 5.75 Å². The molecule has 3 aromatic carbocycles. The summed E-state index contributed by atoms with van der Waals surface area (Å²) in [5.74, 6) is 2.12. The molecule has 0 bridgehead atoms. The Morgan fingerprint density at radius 3 is 2.56 bits per heavy atom.